The molecule has 0 bridgehead atoms. The van der Waals surface area contributed by atoms with Crippen molar-refractivity contribution in [2.24, 2.45) is 12.9 Å². The number of hydrogen-bond donors (Lipinski definition) is 2. The predicted octanol–water partition coefficient (Wildman–Crippen LogP) is 1.47. The van der Waals surface area contributed by atoms with Gasteiger partial charge in [0.25, 0.3) is 0 Å². The van der Waals surface area contributed by atoms with Crippen LogP contribution < -0.4 is 16.0 Å². The maximum Gasteiger partial charge on any atom is 0.127 e. The third-order valence-electron chi connectivity index (χ3n) is 3.81. The van der Waals surface area contributed by atoms with Crippen LogP contribution in [0, 0.1) is 0 Å². The zero-order valence-electron chi connectivity index (χ0n) is 11.9. The molecule has 106 valence electrons. The summed E-state index contributed by atoms with van der Waals surface area (Å²) in [5.41, 5.74) is 7.44. The number of ether oxygens (including phenoxy) is 1. The van der Waals surface area contributed by atoms with Crippen LogP contribution in [0.5, 0.6) is 5.75 Å². The van der Waals surface area contributed by atoms with Crippen molar-refractivity contribution in [3.63, 3.8) is 0 Å². The van der Waals surface area contributed by atoms with Gasteiger partial charge in [-0.3, -0.25) is 10.5 Å². The highest BCUT2D eigenvalue weighted by molar-refractivity contribution is 5.49. The fourth-order valence-electron chi connectivity index (χ4n) is 2.88. The molecule has 3 N–H and O–H groups in total. The zero-order valence-corrected chi connectivity index (χ0v) is 11.9. The second kappa shape index (κ2) is 5.26. The molecule has 0 spiro atoms. The first kappa shape index (κ1) is 13.1. The van der Waals surface area contributed by atoms with Gasteiger partial charge in [-0.05, 0) is 12.0 Å². The molecule has 1 aromatic carbocycles. The van der Waals surface area contributed by atoms with E-state index in [0.717, 1.165) is 42.0 Å². The van der Waals surface area contributed by atoms with Gasteiger partial charge in [0.05, 0.1) is 18.3 Å². The Kier molecular flexibility index (Phi) is 3.46. The van der Waals surface area contributed by atoms with Gasteiger partial charge in [-0.2, -0.15) is 5.10 Å². The number of nitrogens with zero attached hydrogens (tertiary/aromatic N) is 2. The normalized spacial score (nSPS) is 14.9. The zero-order chi connectivity index (χ0) is 14.1. The summed E-state index contributed by atoms with van der Waals surface area (Å²) in [7, 11) is 1.93. The van der Waals surface area contributed by atoms with Crippen molar-refractivity contribution in [2.75, 3.05) is 6.61 Å². The monoisotopic (exact) mass is 272 g/mol. The molecule has 0 aliphatic carbocycles. The van der Waals surface area contributed by atoms with Crippen LogP contribution in [0.15, 0.2) is 24.4 Å². The number of aromatic nitrogens is 2. The van der Waals surface area contributed by atoms with Crippen molar-refractivity contribution in [3.8, 4) is 5.75 Å². The molecule has 20 heavy (non-hydrogen) atoms. The number of hydrazine groups is 1. The highest BCUT2D eigenvalue weighted by Crippen LogP contribution is 2.36. The second-order valence-corrected chi connectivity index (χ2v) is 5.09. The summed E-state index contributed by atoms with van der Waals surface area (Å²) in [5.74, 6) is 6.79. The van der Waals surface area contributed by atoms with Gasteiger partial charge >= 0.3 is 0 Å². The topological polar surface area (TPSA) is 65.1 Å². The minimum absolute atomic E-state index is 0.0910. The summed E-state index contributed by atoms with van der Waals surface area (Å²) in [6.45, 7) is 2.85. The fraction of sp³-hybridized carbons (Fsp3) is 0.400. The number of rotatable bonds is 4. The van der Waals surface area contributed by atoms with Gasteiger partial charge < -0.3 is 4.74 Å². The molecule has 1 aliphatic rings. The lowest BCUT2D eigenvalue weighted by Crippen LogP contribution is -2.29. The van der Waals surface area contributed by atoms with E-state index in [1.165, 1.54) is 5.56 Å². The van der Waals surface area contributed by atoms with Crippen molar-refractivity contribution in [1.82, 2.24) is 15.2 Å². The van der Waals surface area contributed by atoms with Gasteiger partial charge in [0.15, 0.2) is 0 Å². The van der Waals surface area contributed by atoms with Crippen LogP contribution in [0.25, 0.3) is 0 Å². The summed E-state index contributed by atoms with van der Waals surface area (Å²) >= 11 is 0. The van der Waals surface area contributed by atoms with Crippen molar-refractivity contribution in [1.29, 1.82) is 0 Å². The van der Waals surface area contributed by atoms with Gasteiger partial charge in [-0.1, -0.05) is 25.1 Å². The van der Waals surface area contributed by atoms with Crippen LogP contribution in [0.2, 0.25) is 0 Å². The summed E-state index contributed by atoms with van der Waals surface area (Å²) in [6.07, 6.45) is 3.87. The molecule has 5 nitrogen and oxygen atoms in total. The molecule has 0 fully saturated rings. The lowest BCUT2D eigenvalue weighted by atomic mass is 9.96. The first-order chi connectivity index (χ1) is 9.74. The molecule has 1 unspecified atom stereocenters. The molecule has 1 atom stereocenters. The van der Waals surface area contributed by atoms with Crippen molar-refractivity contribution < 1.29 is 4.74 Å². The van der Waals surface area contributed by atoms with Gasteiger partial charge in [0, 0.05) is 30.8 Å². The summed E-state index contributed by atoms with van der Waals surface area (Å²) in [6, 6.07) is 6.16. The van der Waals surface area contributed by atoms with E-state index in [9.17, 15) is 0 Å². The highest BCUT2D eigenvalue weighted by atomic mass is 16.5. The van der Waals surface area contributed by atoms with Crippen LogP contribution in [-0.2, 0) is 19.9 Å². The third-order valence-corrected chi connectivity index (χ3v) is 3.81. The Morgan fingerprint density at radius 1 is 1.45 bits per heavy atom. The van der Waals surface area contributed by atoms with Crippen molar-refractivity contribution in [2.45, 2.75) is 25.8 Å². The number of nitrogens with two attached hydrogens (primary N) is 1. The van der Waals surface area contributed by atoms with Gasteiger partial charge in [0.2, 0.25) is 0 Å². The minimum Gasteiger partial charge on any atom is -0.493 e. The standard InChI is InChI=1S/C15H20N4O/c1-3-13-12(9-19(2)18-13)14(17-16)11-6-4-5-10-7-8-20-15(10)11/h4-6,9,14,17H,3,7-8,16H2,1-2H3. The molecule has 0 saturated heterocycles. The van der Waals surface area contributed by atoms with Gasteiger partial charge in [-0.15, -0.1) is 0 Å². The number of para-hydroxylation sites is 1. The first-order valence-electron chi connectivity index (χ1n) is 6.97. The van der Waals surface area contributed by atoms with Crippen LogP contribution in [0.3, 0.4) is 0 Å². The van der Waals surface area contributed by atoms with Crippen LogP contribution in [0.4, 0.5) is 0 Å². The maximum atomic E-state index is 5.82. The van der Waals surface area contributed by atoms with E-state index in [1.807, 2.05) is 17.9 Å². The smallest absolute Gasteiger partial charge is 0.127 e. The quantitative estimate of drug-likeness (QED) is 0.653. The minimum atomic E-state index is -0.0910. The Bertz CT molecular complexity index is 620. The first-order valence-corrected chi connectivity index (χ1v) is 6.97. The molecule has 0 amide bonds. The van der Waals surface area contributed by atoms with E-state index in [4.69, 9.17) is 10.6 Å². The Morgan fingerprint density at radius 3 is 3.05 bits per heavy atom. The highest BCUT2D eigenvalue weighted by Gasteiger charge is 2.25. The average Bonchev–Trinajstić information content (AvgIpc) is 3.06. The average molecular weight is 272 g/mol. The number of hydrogen-bond acceptors (Lipinski definition) is 4. The second-order valence-electron chi connectivity index (χ2n) is 5.09. The molecule has 2 aromatic rings. The number of nitrogens with one attached hydrogen (secondary N) is 1. The molecule has 2 heterocycles. The number of fused-ring (bicyclic) bond motifs is 1. The van der Waals surface area contributed by atoms with Gasteiger partial charge in [-0.25, -0.2) is 5.43 Å². The van der Waals surface area contributed by atoms with E-state index in [0.29, 0.717) is 0 Å². The lowest BCUT2D eigenvalue weighted by Gasteiger charge is -2.19. The Morgan fingerprint density at radius 2 is 2.30 bits per heavy atom. The molecule has 5 heteroatoms. The third kappa shape index (κ3) is 2.09. The Hall–Kier alpha value is -1.85. The molecular formula is C15H20N4O. The van der Waals surface area contributed by atoms with Crippen LogP contribution >= 0.6 is 0 Å². The van der Waals surface area contributed by atoms with E-state index in [2.05, 4.69) is 35.6 Å². The fourth-order valence-corrected chi connectivity index (χ4v) is 2.88. The van der Waals surface area contributed by atoms with E-state index >= 15 is 0 Å². The van der Waals surface area contributed by atoms with Crippen molar-refractivity contribution in [3.05, 3.63) is 46.8 Å². The van der Waals surface area contributed by atoms with E-state index in [-0.39, 0.29) is 6.04 Å². The van der Waals surface area contributed by atoms with E-state index in [1.54, 1.807) is 0 Å². The molecule has 0 radical (unpaired) electrons. The molecule has 1 aromatic heterocycles. The molecule has 0 saturated carbocycles. The summed E-state index contributed by atoms with van der Waals surface area (Å²) in [5, 5.41) is 4.50. The van der Waals surface area contributed by atoms with Gasteiger partial charge in [0.1, 0.15) is 5.75 Å². The summed E-state index contributed by atoms with van der Waals surface area (Å²) < 4.78 is 7.63. The largest absolute Gasteiger partial charge is 0.493 e. The van der Waals surface area contributed by atoms with Crippen LogP contribution in [-0.4, -0.2) is 16.4 Å². The van der Waals surface area contributed by atoms with E-state index < -0.39 is 0 Å². The lowest BCUT2D eigenvalue weighted by molar-refractivity contribution is 0.350. The molecule has 3 rings (SSSR count). The molecule has 1 aliphatic heterocycles. The number of aryl methyl sites for hydroxylation is 2. The van der Waals surface area contributed by atoms with Crippen molar-refractivity contribution >= 4 is 0 Å². The Balaban J connectivity index is 2.08. The number of benzene rings is 1. The van der Waals surface area contributed by atoms with Crippen LogP contribution in [0.1, 0.15) is 35.3 Å². The predicted molar refractivity (Wildman–Crippen MR) is 77.4 cm³/mol. The Labute approximate surface area is 118 Å². The SMILES string of the molecule is CCc1nn(C)cc1C(NN)c1cccc2c1OCC2. The maximum absolute atomic E-state index is 5.82. The summed E-state index contributed by atoms with van der Waals surface area (Å²) in [4.78, 5) is 0. The molecular weight excluding hydrogens is 252 g/mol.